The Morgan fingerprint density at radius 1 is 1.47 bits per heavy atom. The number of carbonyl (C=O) groups is 1. The Balaban J connectivity index is 2.73. The van der Waals surface area contributed by atoms with Gasteiger partial charge in [-0.2, -0.15) is 5.90 Å². The van der Waals surface area contributed by atoms with Crippen molar-refractivity contribution in [2.75, 3.05) is 7.11 Å². The number of aliphatic hydroxyl groups excluding tert-OH is 1. The van der Waals surface area contributed by atoms with Crippen molar-refractivity contribution in [2.24, 2.45) is 5.90 Å². The van der Waals surface area contributed by atoms with Crippen LogP contribution in [0.25, 0.3) is 0 Å². The molecule has 2 rings (SSSR count). The van der Waals surface area contributed by atoms with Gasteiger partial charge in [-0.3, -0.25) is 0 Å². The number of benzene rings is 1. The molecule has 0 saturated heterocycles. The molecule has 0 radical (unpaired) electrons. The van der Waals surface area contributed by atoms with E-state index < -0.39 is 5.97 Å². The molecule has 102 valence electrons. The van der Waals surface area contributed by atoms with Gasteiger partial charge in [0.15, 0.2) is 5.75 Å². The summed E-state index contributed by atoms with van der Waals surface area (Å²) in [4.78, 5) is 16.6. The average Bonchev–Trinajstić information content (AvgIpc) is 2.79. The van der Waals surface area contributed by atoms with E-state index in [1.54, 1.807) is 0 Å². The highest BCUT2D eigenvalue weighted by Gasteiger charge is 2.32. The highest BCUT2D eigenvalue weighted by Crippen LogP contribution is 2.42. The maximum Gasteiger partial charge on any atom is 0.342 e. The molecule has 1 aromatic rings. The van der Waals surface area contributed by atoms with Crippen molar-refractivity contribution in [3.63, 3.8) is 0 Å². The summed E-state index contributed by atoms with van der Waals surface area (Å²) in [5.74, 6) is 5.63. The highest BCUT2D eigenvalue weighted by molar-refractivity contribution is 5.98. The molecule has 0 atom stereocenters. The molecule has 0 fully saturated rings. The minimum Gasteiger partial charge on any atom is -0.516 e. The molecule has 1 aliphatic rings. The van der Waals surface area contributed by atoms with E-state index in [1.807, 2.05) is 6.92 Å². The summed E-state index contributed by atoms with van der Waals surface area (Å²) in [7, 11) is 1.53. The number of aliphatic hydroxyl groups is 1. The van der Waals surface area contributed by atoms with Crippen LogP contribution < -0.4 is 15.5 Å². The third-order valence-corrected chi connectivity index (χ3v) is 3.17. The molecule has 6 heteroatoms. The highest BCUT2D eigenvalue weighted by atomic mass is 16.6. The van der Waals surface area contributed by atoms with Gasteiger partial charge in [-0.05, 0) is 18.6 Å². The van der Waals surface area contributed by atoms with Crippen LogP contribution in [0.2, 0.25) is 0 Å². The second-order valence-corrected chi connectivity index (χ2v) is 4.10. The molecule has 0 bridgehead atoms. The van der Waals surface area contributed by atoms with E-state index in [4.69, 9.17) is 25.3 Å². The molecular weight excluding hydrogens is 250 g/mol. The Morgan fingerprint density at radius 3 is 2.79 bits per heavy atom. The van der Waals surface area contributed by atoms with Gasteiger partial charge in [-0.25, -0.2) is 4.79 Å². The smallest absolute Gasteiger partial charge is 0.342 e. The lowest BCUT2D eigenvalue weighted by Gasteiger charge is -2.17. The van der Waals surface area contributed by atoms with Gasteiger partial charge in [0.25, 0.3) is 0 Å². The van der Waals surface area contributed by atoms with Crippen LogP contribution in [-0.2, 0) is 17.8 Å². The summed E-state index contributed by atoms with van der Waals surface area (Å²) in [5.41, 5.74) is 2.47. The number of nitrogens with two attached hydrogens (primary N) is 1. The number of rotatable bonds is 4. The molecular formula is C13H15NO5. The number of hydrogen-bond donors (Lipinski definition) is 2. The van der Waals surface area contributed by atoms with Gasteiger partial charge in [0, 0.05) is 17.5 Å². The summed E-state index contributed by atoms with van der Waals surface area (Å²) < 4.78 is 10.4. The van der Waals surface area contributed by atoms with Crippen LogP contribution in [0.1, 0.15) is 27.0 Å². The lowest BCUT2D eigenvalue weighted by atomic mass is 9.95. The minimum absolute atomic E-state index is 0.183. The summed E-state index contributed by atoms with van der Waals surface area (Å²) in [5, 5.41) is 8.78. The molecule has 19 heavy (non-hydrogen) atoms. The van der Waals surface area contributed by atoms with E-state index >= 15 is 0 Å². The summed E-state index contributed by atoms with van der Waals surface area (Å²) in [6, 6.07) is 0. The number of allylic oxidation sites excluding steroid dienone is 1. The molecule has 0 saturated carbocycles. The Hall–Kier alpha value is -2.21. The maximum absolute atomic E-state index is 11.8. The summed E-state index contributed by atoms with van der Waals surface area (Å²) >= 11 is 0. The third kappa shape index (κ3) is 2.00. The number of hydrogen-bond acceptors (Lipinski definition) is 6. The normalized spacial score (nSPS) is 13.5. The van der Waals surface area contributed by atoms with Gasteiger partial charge in [-0.15, -0.1) is 0 Å². The molecule has 1 aliphatic heterocycles. The van der Waals surface area contributed by atoms with Crippen LogP contribution in [0.15, 0.2) is 12.3 Å². The van der Waals surface area contributed by atoms with Crippen molar-refractivity contribution < 1.29 is 24.2 Å². The van der Waals surface area contributed by atoms with Crippen LogP contribution in [0.3, 0.4) is 0 Å². The predicted octanol–water partition coefficient (Wildman–Crippen LogP) is 1.54. The van der Waals surface area contributed by atoms with E-state index in [2.05, 4.69) is 0 Å². The van der Waals surface area contributed by atoms with Crippen molar-refractivity contribution in [3.05, 3.63) is 34.6 Å². The Labute approximate surface area is 110 Å². The Bertz CT molecular complexity index is 551. The fourth-order valence-corrected chi connectivity index (χ4v) is 2.31. The fraction of sp³-hybridized carbons (Fsp3) is 0.308. The largest absolute Gasteiger partial charge is 0.516 e. The average molecular weight is 265 g/mol. The van der Waals surface area contributed by atoms with Crippen molar-refractivity contribution in [1.29, 1.82) is 0 Å². The van der Waals surface area contributed by atoms with E-state index in [-0.39, 0.29) is 12.4 Å². The van der Waals surface area contributed by atoms with Crippen LogP contribution in [-0.4, -0.2) is 18.2 Å². The predicted molar refractivity (Wildman–Crippen MR) is 67.1 cm³/mol. The molecule has 6 nitrogen and oxygen atoms in total. The van der Waals surface area contributed by atoms with Gasteiger partial charge in [0.1, 0.15) is 17.9 Å². The first-order valence-electron chi connectivity index (χ1n) is 5.71. The van der Waals surface area contributed by atoms with Gasteiger partial charge in [0.05, 0.1) is 13.4 Å². The monoisotopic (exact) mass is 265 g/mol. The first-order valence-corrected chi connectivity index (χ1v) is 5.71. The zero-order valence-electron chi connectivity index (χ0n) is 10.7. The van der Waals surface area contributed by atoms with E-state index in [1.165, 1.54) is 13.2 Å². The zero-order valence-corrected chi connectivity index (χ0v) is 10.7. The summed E-state index contributed by atoms with van der Waals surface area (Å²) in [6.45, 7) is 2.02. The molecule has 3 N–H and O–H groups in total. The molecule has 0 unspecified atom stereocenters. The summed E-state index contributed by atoms with van der Waals surface area (Å²) in [6.07, 6.45) is 2.75. The molecule has 0 spiro atoms. The number of methoxy groups -OCH3 is 1. The number of ether oxygens (including phenoxy) is 2. The zero-order chi connectivity index (χ0) is 14.0. The van der Waals surface area contributed by atoms with Crippen LogP contribution >= 0.6 is 0 Å². The maximum atomic E-state index is 11.8. The first kappa shape index (κ1) is 13.2. The third-order valence-electron chi connectivity index (χ3n) is 3.17. The first-order chi connectivity index (χ1) is 9.15. The van der Waals surface area contributed by atoms with Crippen LogP contribution in [0.5, 0.6) is 11.5 Å². The fourth-order valence-electron chi connectivity index (χ4n) is 2.31. The second-order valence-electron chi connectivity index (χ2n) is 4.10. The topological polar surface area (TPSA) is 91.0 Å². The Kier molecular flexibility index (Phi) is 3.62. The molecule has 1 heterocycles. The van der Waals surface area contributed by atoms with Crippen molar-refractivity contribution in [2.45, 2.75) is 20.0 Å². The van der Waals surface area contributed by atoms with Crippen LogP contribution in [0, 0.1) is 6.92 Å². The van der Waals surface area contributed by atoms with Gasteiger partial charge < -0.3 is 19.4 Å². The number of esters is 1. The van der Waals surface area contributed by atoms with Gasteiger partial charge in [-0.1, -0.05) is 0 Å². The lowest BCUT2D eigenvalue weighted by Crippen LogP contribution is -2.12. The van der Waals surface area contributed by atoms with Crippen molar-refractivity contribution in [3.8, 4) is 11.5 Å². The molecule has 0 amide bonds. The quantitative estimate of drug-likeness (QED) is 0.487. The Morgan fingerprint density at radius 2 is 2.21 bits per heavy atom. The van der Waals surface area contributed by atoms with Crippen LogP contribution in [0.4, 0.5) is 0 Å². The molecule has 1 aromatic carbocycles. The van der Waals surface area contributed by atoms with Gasteiger partial charge >= 0.3 is 5.97 Å². The number of carbonyl (C=O) groups excluding carboxylic acids is 1. The van der Waals surface area contributed by atoms with Gasteiger partial charge in [0.2, 0.25) is 0 Å². The SMILES string of the molecule is COc1c(C)c2c(c(ON)c1C/C=C/O)C(=O)OC2. The van der Waals surface area contributed by atoms with Crippen molar-refractivity contribution >= 4 is 5.97 Å². The number of fused-ring (bicyclic) bond motifs is 1. The van der Waals surface area contributed by atoms with E-state index in [0.29, 0.717) is 23.3 Å². The molecule has 0 aromatic heterocycles. The second kappa shape index (κ2) is 5.19. The number of cyclic esters (lactones) is 1. The van der Waals surface area contributed by atoms with E-state index in [0.717, 1.165) is 17.4 Å². The minimum atomic E-state index is -0.463. The van der Waals surface area contributed by atoms with E-state index in [9.17, 15) is 4.79 Å². The standard InChI is InChI=1S/C13H15NO5/c1-7-9-6-18-13(16)10(9)12(19-14)8(4-3-5-15)11(7)17-2/h3,5,15H,4,6,14H2,1-2H3/b5-3+. The lowest BCUT2D eigenvalue weighted by molar-refractivity contribution is 0.0532. The van der Waals surface area contributed by atoms with Crippen molar-refractivity contribution in [1.82, 2.24) is 0 Å². The molecule has 0 aliphatic carbocycles.